The van der Waals surface area contributed by atoms with Gasteiger partial charge < -0.3 is 10.6 Å². The van der Waals surface area contributed by atoms with Crippen molar-refractivity contribution in [1.82, 2.24) is 0 Å². The molecular weight excluding hydrogens is 318 g/mol. The van der Waals surface area contributed by atoms with Crippen LogP contribution in [0.15, 0.2) is 46.9 Å². The van der Waals surface area contributed by atoms with Crippen LogP contribution in [0.25, 0.3) is 0 Å². The molecule has 0 fully saturated rings. The average molecular weight is 330 g/mol. The highest BCUT2D eigenvalue weighted by Gasteiger charge is 2.02. The van der Waals surface area contributed by atoms with Crippen molar-refractivity contribution in [3.05, 3.63) is 52.5 Å². The van der Waals surface area contributed by atoms with E-state index < -0.39 is 0 Å². The number of nitrogens with one attached hydrogen (secondary N) is 2. The Morgan fingerprint density at radius 1 is 1.15 bits per heavy atom. The molecule has 0 heterocycles. The molecule has 0 saturated carbocycles. The zero-order valence-electron chi connectivity index (χ0n) is 10.8. The lowest BCUT2D eigenvalue weighted by molar-refractivity contribution is -0.114. The van der Waals surface area contributed by atoms with Gasteiger partial charge in [-0.05, 0) is 52.3 Å². The second-order valence-electron chi connectivity index (χ2n) is 4.19. The molecule has 5 heteroatoms. The molecular formula is C15H12BrN3O. The molecule has 0 aliphatic carbocycles. The van der Waals surface area contributed by atoms with Gasteiger partial charge in [0.1, 0.15) is 6.07 Å². The molecule has 2 aromatic carbocycles. The second-order valence-corrected chi connectivity index (χ2v) is 5.05. The average Bonchev–Trinajstić information content (AvgIpc) is 2.38. The molecule has 2 rings (SSSR count). The largest absolute Gasteiger partial charge is 0.355 e. The molecule has 100 valence electrons. The van der Waals surface area contributed by atoms with E-state index in [1.165, 1.54) is 6.92 Å². The molecule has 2 aromatic rings. The number of rotatable bonds is 3. The van der Waals surface area contributed by atoms with E-state index in [1.807, 2.05) is 36.4 Å². The van der Waals surface area contributed by atoms with Crippen molar-refractivity contribution in [2.45, 2.75) is 6.92 Å². The van der Waals surface area contributed by atoms with Crippen LogP contribution in [0.1, 0.15) is 12.5 Å². The van der Waals surface area contributed by atoms with E-state index >= 15 is 0 Å². The fraction of sp³-hybridized carbons (Fsp3) is 0.0667. The highest BCUT2D eigenvalue weighted by molar-refractivity contribution is 9.10. The van der Waals surface area contributed by atoms with Crippen molar-refractivity contribution in [3.8, 4) is 6.07 Å². The molecule has 0 unspecified atom stereocenters. The zero-order valence-corrected chi connectivity index (χ0v) is 12.4. The second kappa shape index (κ2) is 6.22. The van der Waals surface area contributed by atoms with Crippen LogP contribution in [-0.4, -0.2) is 5.91 Å². The van der Waals surface area contributed by atoms with Gasteiger partial charge in [-0.2, -0.15) is 5.26 Å². The summed E-state index contributed by atoms with van der Waals surface area (Å²) in [4.78, 5) is 11.0. The minimum Gasteiger partial charge on any atom is -0.355 e. The van der Waals surface area contributed by atoms with Gasteiger partial charge in [0.05, 0.1) is 5.56 Å². The van der Waals surface area contributed by atoms with Crippen LogP contribution in [0.5, 0.6) is 0 Å². The maximum absolute atomic E-state index is 11.0. The predicted octanol–water partition coefficient (Wildman–Crippen LogP) is 4.02. The summed E-state index contributed by atoms with van der Waals surface area (Å²) in [6, 6.07) is 14.9. The summed E-state index contributed by atoms with van der Waals surface area (Å²) < 4.78 is 0.739. The summed E-state index contributed by atoms with van der Waals surface area (Å²) in [6.45, 7) is 1.47. The molecule has 0 saturated heterocycles. The lowest BCUT2D eigenvalue weighted by atomic mass is 10.2. The number of carbonyl (C=O) groups excluding carboxylic acids is 1. The first-order valence-electron chi connectivity index (χ1n) is 5.93. The molecule has 0 bridgehead atoms. The standard InChI is InChI=1S/C15H12BrN3O/c1-10(20)18-12-3-2-4-13(7-12)19-14-6-5-11(9-17)15(16)8-14/h2-8,19H,1H3,(H,18,20). The summed E-state index contributed by atoms with van der Waals surface area (Å²) in [7, 11) is 0. The van der Waals surface area contributed by atoms with E-state index in [0.717, 1.165) is 21.5 Å². The Balaban J connectivity index is 2.20. The number of hydrogen-bond donors (Lipinski definition) is 2. The smallest absolute Gasteiger partial charge is 0.221 e. The van der Waals surface area contributed by atoms with Gasteiger partial charge in [-0.25, -0.2) is 0 Å². The van der Waals surface area contributed by atoms with Crippen molar-refractivity contribution < 1.29 is 4.79 Å². The van der Waals surface area contributed by atoms with Crippen LogP contribution in [0.2, 0.25) is 0 Å². The molecule has 0 atom stereocenters. The number of benzene rings is 2. The number of hydrogen-bond acceptors (Lipinski definition) is 3. The Morgan fingerprint density at radius 2 is 1.85 bits per heavy atom. The first-order chi connectivity index (χ1) is 9.58. The number of amides is 1. The minimum atomic E-state index is -0.108. The van der Waals surface area contributed by atoms with E-state index in [2.05, 4.69) is 32.6 Å². The SMILES string of the molecule is CC(=O)Nc1cccc(Nc2ccc(C#N)c(Br)c2)c1. The monoisotopic (exact) mass is 329 g/mol. The Labute approximate surface area is 125 Å². The normalized spacial score (nSPS) is 9.65. The molecule has 20 heavy (non-hydrogen) atoms. The summed E-state index contributed by atoms with van der Waals surface area (Å²) in [5, 5.41) is 14.8. The fourth-order valence-corrected chi connectivity index (χ4v) is 2.20. The van der Waals surface area contributed by atoms with Crippen LogP contribution in [-0.2, 0) is 4.79 Å². The van der Waals surface area contributed by atoms with Gasteiger partial charge in [0, 0.05) is 28.5 Å². The predicted molar refractivity (Wildman–Crippen MR) is 82.9 cm³/mol. The quantitative estimate of drug-likeness (QED) is 0.893. The third-order valence-corrected chi connectivity index (χ3v) is 3.22. The van der Waals surface area contributed by atoms with Gasteiger partial charge in [0.25, 0.3) is 0 Å². The summed E-state index contributed by atoms with van der Waals surface area (Å²) in [5.41, 5.74) is 3.03. The maximum Gasteiger partial charge on any atom is 0.221 e. The summed E-state index contributed by atoms with van der Waals surface area (Å²) >= 11 is 3.35. The van der Waals surface area contributed by atoms with Crippen LogP contribution < -0.4 is 10.6 Å². The van der Waals surface area contributed by atoms with Gasteiger partial charge >= 0.3 is 0 Å². The number of nitriles is 1. The Bertz CT molecular complexity index is 692. The van der Waals surface area contributed by atoms with Crippen molar-refractivity contribution >= 4 is 38.9 Å². The third-order valence-electron chi connectivity index (χ3n) is 2.56. The summed E-state index contributed by atoms with van der Waals surface area (Å²) in [5.74, 6) is -0.108. The number of anilines is 3. The van der Waals surface area contributed by atoms with Crippen molar-refractivity contribution in [2.24, 2.45) is 0 Å². The van der Waals surface area contributed by atoms with Crippen LogP contribution in [0.3, 0.4) is 0 Å². The van der Waals surface area contributed by atoms with E-state index in [1.54, 1.807) is 6.07 Å². The van der Waals surface area contributed by atoms with Crippen molar-refractivity contribution in [1.29, 1.82) is 5.26 Å². The molecule has 4 nitrogen and oxygen atoms in total. The third kappa shape index (κ3) is 3.59. The van der Waals surface area contributed by atoms with E-state index in [0.29, 0.717) is 5.56 Å². The Morgan fingerprint density at radius 3 is 2.50 bits per heavy atom. The molecule has 0 aromatic heterocycles. The van der Waals surface area contributed by atoms with Crippen molar-refractivity contribution in [3.63, 3.8) is 0 Å². The van der Waals surface area contributed by atoms with Crippen LogP contribution in [0.4, 0.5) is 17.1 Å². The zero-order chi connectivity index (χ0) is 14.5. The lowest BCUT2D eigenvalue weighted by Crippen LogP contribution is -2.05. The first kappa shape index (κ1) is 14.1. The minimum absolute atomic E-state index is 0.108. The molecule has 0 radical (unpaired) electrons. The lowest BCUT2D eigenvalue weighted by Gasteiger charge is -2.09. The maximum atomic E-state index is 11.0. The summed E-state index contributed by atoms with van der Waals surface area (Å²) in [6.07, 6.45) is 0. The molecule has 0 aliphatic heterocycles. The van der Waals surface area contributed by atoms with Crippen LogP contribution >= 0.6 is 15.9 Å². The van der Waals surface area contributed by atoms with E-state index in [4.69, 9.17) is 5.26 Å². The first-order valence-corrected chi connectivity index (χ1v) is 6.72. The molecule has 2 N–H and O–H groups in total. The number of halogens is 1. The fourth-order valence-electron chi connectivity index (χ4n) is 1.73. The van der Waals surface area contributed by atoms with Gasteiger partial charge in [0.15, 0.2) is 0 Å². The number of nitrogens with zero attached hydrogens (tertiary/aromatic N) is 1. The van der Waals surface area contributed by atoms with Gasteiger partial charge in [-0.15, -0.1) is 0 Å². The van der Waals surface area contributed by atoms with Crippen molar-refractivity contribution in [2.75, 3.05) is 10.6 Å². The Kier molecular flexibility index (Phi) is 4.38. The Hall–Kier alpha value is -2.32. The highest BCUT2D eigenvalue weighted by atomic mass is 79.9. The highest BCUT2D eigenvalue weighted by Crippen LogP contribution is 2.25. The van der Waals surface area contributed by atoms with Gasteiger partial charge in [-0.3, -0.25) is 4.79 Å². The van der Waals surface area contributed by atoms with Gasteiger partial charge in [0.2, 0.25) is 5.91 Å². The van der Waals surface area contributed by atoms with Crippen LogP contribution in [0, 0.1) is 11.3 Å². The van der Waals surface area contributed by atoms with E-state index in [9.17, 15) is 4.79 Å². The van der Waals surface area contributed by atoms with E-state index in [-0.39, 0.29) is 5.91 Å². The number of carbonyl (C=O) groups is 1. The molecule has 0 spiro atoms. The topological polar surface area (TPSA) is 64.9 Å². The molecule has 1 amide bonds. The van der Waals surface area contributed by atoms with Gasteiger partial charge in [-0.1, -0.05) is 6.07 Å². The molecule has 0 aliphatic rings.